The van der Waals surface area contributed by atoms with Crippen LogP contribution in [-0.4, -0.2) is 76.1 Å². The monoisotopic (exact) mass is 560 g/mol. The highest BCUT2D eigenvalue weighted by Gasteiger charge is 2.39. The Bertz CT molecular complexity index is 704. The largest absolute Gasteiger partial charge is 0.490 e. The predicted octanol–water partition coefficient (Wildman–Crippen LogP) is 3.45. The fraction of sp³-hybridized carbons (Fsp3) is 0.708. The summed E-state index contributed by atoms with van der Waals surface area (Å²) >= 11 is 0. The molecule has 1 aromatic rings. The summed E-state index contributed by atoms with van der Waals surface area (Å²) in [4.78, 5) is 7.12. The van der Waals surface area contributed by atoms with Gasteiger partial charge in [0.25, 0.3) is 0 Å². The maximum atomic E-state index is 5.75. The summed E-state index contributed by atoms with van der Waals surface area (Å²) in [6.45, 7) is 11.1. The summed E-state index contributed by atoms with van der Waals surface area (Å²) in [5.74, 6) is 2.49. The minimum Gasteiger partial charge on any atom is -0.490 e. The third-order valence-electron chi connectivity index (χ3n) is 6.32. The molecule has 2 aliphatic rings. The highest BCUT2D eigenvalue weighted by molar-refractivity contribution is 14.0. The lowest BCUT2D eigenvalue weighted by Crippen LogP contribution is -2.58. The lowest BCUT2D eigenvalue weighted by Gasteiger charge is -2.45. The van der Waals surface area contributed by atoms with Gasteiger partial charge in [0, 0.05) is 38.9 Å². The molecule has 182 valence electrons. The number of hydrogen-bond acceptors (Lipinski definition) is 5. The summed E-state index contributed by atoms with van der Waals surface area (Å²) in [5.41, 5.74) is 1.40. The molecule has 0 amide bonds. The molecule has 3 rings (SSSR count). The number of likely N-dealkylation sites (tertiary alicyclic amines) is 1. The average molecular weight is 561 g/mol. The molecule has 1 aromatic carbocycles. The SMILES string of the molecule is CCOc1ccc(CCNC(=NC)NCC2(N3CCCC3)CCOCC2)cc1OCC.I. The average Bonchev–Trinajstić information content (AvgIpc) is 3.34. The maximum Gasteiger partial charge on any atom is 0.191 e. The third kappa shape index (κ3) is 7.38. The molecule has 0 aliphatic carbocycles. The number of benzene rings is 1. The minimum atomic E-state index is 0. The van der Waals surface area contributed by atoms with Crippen molar-refractivity contribution >= 4 is 29.9 Å². The molecule has 0 spiro atoms. The number of rotatable bonds is 10. The van der Waals surface area contributed by atoms with E-state index in [1.54, 1.807) is 0 Å². The van der Waals surface area contributed by atoms with Gasteiger partial charge in [-0.3, -0.25) is 9.89 Å². The van der Waals surface area contributed by atoms with Gasteiger partial charge in [-0.25, -0.2) is 0 Å². The van der Waals surface area contributed by atoms with Crippen LogP contribution in [0.5, 0.6) is 11.5 Å². The smallest absolute Gasteiger partial charge is 0.191 e. The molecule has 32 heavy (non-hydrogen) atoms. The van der Waals surface area contributed by atoms with E-state index in [4.69, 9.17) is 14.2 Å². The summed E-state index contributed by atoms with van der Waals surface area (Å²) in [7, 11) is 1.84. The van der Waals surface area contributed by atoms with Crippen LogP contribution in [-0.2, 0) is 11.2 Å². The molecule has 2 N–H and O–H groups in total. The van der Waals surface area contributed by atoms with E-state index in [9.17, 15) is 0 Å². The molecule has 0 saturated carbocycles. The Hall–Kier alpha value is -1.26. The summed E-state index contributed by atoms with van der Waals surface area (Å²) in [5, 5.41) is 7.07. The van der Waals surface area contributed by atoms with Gasteiger partial charge in [-0.15, -0.1) is 24.0 Å². The first-order valence-electron chi connectivity index (χ1n) is 11.9. The second-order valence-electron chi connectivity index (χ2n) is 8.28. The normalized spacial score (nSPS) is 18.7. The van der Waals surface area contributed by atoms with Crippen LogP contribution >= 0.6 is 24.0 Å². The van der Waals surface area contributed by atoms with E-state index >= 15 is 0 Å². The van der Waals surface area contributed by atoms with Crippen molar-refractivity contribution in [2.24, 2.45) is 4.99 Å². The zero-order valence-electron chi connectivity index (χ0n) is 20.0. The Morgan fingerprint density at radius 2 is 1.75 bits per heavy atom. The Kier molecular flexibility index (Phi) is 11.9. The molecule has 2 fully saturated rings. The van der Waals surface area contributed by atoms with Crippen LogP contribution in [0.3, 0.4) is 0 Å². The Balaban J connectivity index is 0.00000363. The molecular formula is C24H41IN4O3. The van der Waals surface area contributed by atoms with E-state index in [1.165, 1.54) is 31.5 Å². The summed E-state index contributed by atoms with van der Waals surface area (Å²) in [6.07, 6.45) is 5.67. The van der Waals surface area contributed by atoms with Gasteiger partial charge >= 0.3 is 0 Å². The van der Waals surface area contributed by atoms with Crippen molar-refractivity contribution in [3.8, 4) is 11.5 Å². The zero-order valence-corrected chi connectivity index (χ0v) is 22.3. The van der Waals surface area contributed by atoms with Gasteiger partial charge in [-0.1, -0.05) is 6.07 Å². The molecule has 2 heterocycles. The van der Waals surface area contributed by atoms with E-state index < -0.39 is 0 Å². The molecule has 0 atom stereocenters. The number of nitrogens with one attached hydrogen (secondary N) is 2. The predicted molar refractivity (Wildman–Crippen MR) is 141 cm³/mol. The molecule has 2 saturated heterocycles. The second kappa shape index (κ2) is 14.1. The molecule has 7 nitrogen and oxygen atoms in total. The Labute approximate surface area is 210 Å². The fourth-order valence-corrected chi connectivity index (χ4v) is 4.59. The molecule has 8 heteroatoms. The van der Waals surface area contributed by atoms with Gasteiger partial charge in [-0.05, 0) is 76.7 Å². The van der Waals surface area contributed by atoms with Crippen molar-refractivity contribution in [1.82, 2.24) is 15.5 Å². The van der Waals surface area contributed by atoms with Crippen LogP contribution in [0.15, 0.2) is 23.2 Å². The van der Waals surface area contributed by atoms with Crippen molar-refractivity contribution in [1.29, 1.82) is 0 Å². The number of halogens is 1. The van der Waals surface area contributed by atoms with Gasteiger partial charge < -0.3 is 24.8 Å². The third-order valence-corrected chi connectivity index (χ3v) is 6.32. The second-order valence-corrected chi connectivity index (χ2v) is 8.28. The molecule has 0 aromatic heterocycles. The van der Waals surface area contributed by atoms with Crippen molar-refractivity contribution < 1.29 is 14.2 Å². The van der Waals surface area contributed by atoms with Crippen LogP contribution in [0, 0.1) is 0 Å². The Morgan fingerprint density at radius 3 is 2.41 bits per heavy atom. The van der Waals surface area contributed by atoms with Gasteiger partial charge in [0.15, 0.2) is 17.5 Å². The van der Waals surface area contributed by atoms with E-state index in [-0.39, 0.29) is 29.5 Å². The molecule has 2 aliphatic heterocycles. The fourth-order valence-electron chi connectivity index (χ4n) is 4.59. The van der Waals surface area contributed by atoms with Gasteiger partial charge in [0.1, 0.15) is 0 Å². The first kappa shape index (κ1) is 27.0. The van der Waals surface area contributed by atoms with Crippen LogP contribution < -0.4 is 20.1 Å². The standard InChI is InChI=1S/C24H40N4O3.HI/c1-4-30-21-9-8-20(18-22(21)31-5-2)10-13-26-23(25-3)27-19-24(11-16-29-17-12-24)28-14-6-7-15-28;/h8-9,18H,4-7,10-17,19H2,1-3H3,(H2,25,26,27);1H. The number of ether oxygens (including phenoxy) is 3. The van der Waals surface area contributed by atoms with Crippen LogP contribution in [0.2, 0.25) is 0 Å². The minimum absolute atomic E-state index is 0. The van der Waals surface area contributed by atoms with Crippen LogP contribution in [0.25, 0.3) is 0 Å². The highest BCUT2D eigenvalue weighted by atomic mass is 127. The van der Waals surface area contributed by atoms with Crippen molar-refractivity contribution in [3.63, 3.8) is 0 Å². The van der Waals surface area contributed by atoms with Gasteiger partial charge in [0.2, 0.25) is 0 Å². The topological polar surface area (TPSA) is 67.4 Å². The lowest BCUT2D eigenvalue weighted by atomic mass is 9.88. The van der Waals surface area contributed by atoms with Crippen LogP contribution in [0.4, 0.5) is 0 Å². The van der Waals surface area contributed by atoms with Crippen molar-refractivity contribution in [3.05, 3.63) is 23.8 Å². The number of nitrogens with zero attached hydrogens (tertiary/aromatic N) is 2. The summed E-state index contributed by atoms with van der Waals surface area (Å²) in [6, 6.07) is 6.19. The van der Waals surface area contributed by atoms with Crippen LogP contribution in [0.1, 0.15) is 45.1 Å². The van der Waals surface area contributed by atoms with Gasteiger partial charge in [0.05, 0.1) is 13.2 Å². The number of aliphatic imine (C=N–C) groups is 1. The van der Waals surface area contributed by atoms with Crippen molar-refractivity contribution in [2.45, 2.75) is 51.5 Å². The zero-order chi connectivity index (χ0) is 21.9. The van der Waals surface area contributed by atoms with E-state index in [1.807, 2.05) is 27.0 Å². The van der Waals surface area contributed by atoms with E-state index in [2.05, 4.69) is 32.7 Å². The van der Waals surface area contributed by atoms with Gasteiger partial charge in [-0.2, -0.15) is 0 Å². The molecule has 0 radical (unpaired) electrons. The number of hydrogen-bond donors (Lipinski definition) is 2. The van der Waals surface area contributed by atoms with E-state index in [0.717, 1.165) is 63.0 Å². The van der Waals surface area contributed by atoms with Crippen molar-refractivity contribution in [2.75, 3.05) is 59.7 Å². The first-order valence-corrected chi connectivity index (χ1v) is 11.9. The number of guanidine groups is 1. The molecular weight excluding hydrogens is 519 g/mol. The lowest BCUT2D eigenvalue weighted by molar-refractivity contribution is -0.0164. The highest BCUT2D eigenvalue weighted by Crippen LogP contribution is 2.31. The summed E-state index contributed by atoms with van der Waals surface area (Å²) < 4.78 is 17.1. The Morgan fingerprint density at radius 1 is 1.06 bits per heavy atom. The maximum absolute atomic E-state index is 5.75. The molecule has 0 bridgehead atoms. The first-order chi connectivity index (χ1) is 15.2. The molecule has 0 unspecified atom stereocenters. The van der Waals surface area contributed by atoms with E-state index in [0.29, 0.717) is 13.2 Å². The quantitative estimate of drug-likeness (QED) is 0.260.